The maximum absolute atomic E-state index is 10.2. The summed E-state index contributed by atoms with van der Waals surface area (Å²) in [5.41, 5.74) is 7.39. The van der Waals surface area contributed by atoms with Gasteiger partial charge in [-0.1, -0.05) is 6.92 Å². The Balaban J connectivity index is 2.93. The summed E-state index contributed by atoms with van der Waals surface area (Å²) in [7, 11) is 0. The molecule has 4 heteroatoms. The number of aromatic nitrogens is 1. The number of hydrogen-bond acceptors (Lipinski definition) is 4. The van der Waals surface area contributed by atoms with Crippen LogP contribution in [0.1, 0.15) is 37.5 Å². The lowest BCUT2D eigenvalue weighted by atomic mass is 10.0. The van der Waals surface area contributed by atoms with E-state index in [0.29, 0.717) is 18.0 Å². The number of aliphatic hydroxyl groups excluding tert-OH is 1. The maximum Gasteiger partial charge on any atom is 0.129 e. The molecular weight excluding hydrogens is 204 g/mol. The van der Waals surface area contributed by atoms with Crippen molar-refractivity contribution in [1.82, 2.24) is 4.98 Å². The van der Waals surface area contributed by atoms with E-state index in [9.17, 15) is 5.11 Å². The summed E-state index contributed by atoms with van der Waals surface area (Å²) in [4.78, 5) is 4.04. The molecule has 16 heavy (non-hydrogen) atoms. The van der Waals surface area contributed by atoms with Crippen LogP contribution in [0.15, 0.2) is 12.3 Å². The normalized spacial score (nSPS) is 14.8. The maximum atomic E-state index is 10.2. The van der Waals surface area contributed by atoms with Gasteiger partial charge < -0.3 is 15.6 Å². The van der Waals surface area contributed by atoms with Crippen molar-refractivity contribution in [2.45, 2.75) is 39.4 Å². The third-order valence-electron chi connectivity index (χ3n) is 2.54. The summed E-state index contributed by atoms with van der Waals surface area (Å²) in [6, 6.07) is 1.86. The van der Waals surface area contributed by atoms with Gasteiger partial charge in [-0.25, -0.2) is 4.98 Å². The Bertz CT molecular complexity index is 342. The number of hydrogen-bond donors (Lipinski definition) is 2. The first kappa shape index (κ1) is 12.9. The molecule has 0 aliphatic rings. The summed E-state index contributed by atoms with van der Waals surface area (Å²) in [6.07, 6.45) is 1.49. The summed E-state index contributed by atoms with van der Waals surface area (Å²) in [5.74, 6) is 0.372. The highest BCUT2D eigenvalue weighted by Gasteiger charge is 2.22. The molecule has 4 nitrogen and oxygen atoms in total. The van der Waals surface area contributed by atoms with Crippen LogP contribution in [0.5, 0.6) is 0 Å². The lowest BCUT2D eigenvalue weighted by Crippen LogP contribution is -2.22. The highest BCUT2D eigenvalue weighted by Crippen LogP contribution is 2.25. The van der Waals surface area contributed by atoms with E-state index < -0.39 is 6.10 Å². The second kappa shape index (κ2) is 5.82. The van der Waals surface area contributed by atoms with Crippen molar-refractivity contribution in [3.8, 4) is 0 Å². The molecule has 0 saturated heterocycles. The van der Waals surface area contributed by atoms with Crippen LogP contribution in [-0.2, 0) is 4.74 Å². The minimum atomic E-state index is -0.711. The third kappa shape index (κ3) is 2.93. The van der Waals surface area contributed by atoms with Gasteiger partial charge >= 0.3 is 0 Å². The van der Waals surface area contributed by atoms with E-state index in [4.69, 9.17) is 10.5 Å². The summed E-state index contributed by atoms with van der Waals surface area (Å²) < 4.78 is 5.47. The Labute approximate surface area is 96.5 Å². The number of anilines is 1. The third-order valence-corrected chi connectivity index (χ3v) is 2.54. The zero-order valence-electron chi connectivity index (χ0n) is 10.1. The van der Waals surface area contributed by atoms with Crippen molar-refractivity contribution in [3.05, 3.63) is 23.4 Å². The van der Waals surface area contributed by atoms with Crippen LogP contribution in [-0.4, -0.2) is 22.8 Å². The van der Waals surface area contributed by atoms with Crippen LogP contribution >= 0.6 is 0 Å². The Morgan fingerprint density at radius 1 is 1.50 bits per heavy atom. The fourth-order valence-electron chi connectivity index (χ4n) is 1.69. The molecule has 0 bridgehead atoms. The molecule has 0 amide bonds. The monoisotopic (exact) mass is 224 g/mol. The van der Waals surface area contributed by atoms with Crippen molar-refractivity contribution in [2.24, 2.45) is 0 Å². The first-order chi connectivity index (χ1) is 7.60. The predicted octanol–water partition coefficient (Wildman–Crippen LogP) is 1.82. The molecule has 1 rings (SSSR count). The lowest BCUT2D eigenvalue weighted by molar-refractivity contribution is -0.0354. The molecule has 2 unspecified atom stereocenters. The summed E-state index contributed by atoms with van der Waals surface area (Å²) >= 11 is 0. The van der Waals surface area contributed by atoms with Crippen LogP contribution in [0.4, 0.5) is 5.82 Å². The molecule has 2 atom stereocenters. The van der Waals surface area contributed by atoms with E-state index in [1.807, 2.05) is 26.8 Å². The second-order valence-corrected chi connectivity index (χ2v) is 3.83. The quantitative estimate of drug-likeness (QED) is 0.800. The minimum absolute atomic E-state index is 0.226. The molecular formula is C12H20N2O2. The number of ether oxygens (including phenoxy) is 1. The molecule has 3 N–H and O–H groups in total. The van der Waals surface area contributed by atoms with Crippen molar-refractivity contribution in [2.75, 3.05) is 12.3 Å². The average Bonchev–Trinajstić information content (AvgIpc) is 2.28. The van der Waals surface area contributed by atoms with Crippen LogP contribution < -0.4 is 5.73 Å². The molecule has 0 radical (unpaired) electrons. The predicted molar refractivity (Wildman–Crippen MR) is 64.1 cm³/mol. The van der Waals surface area contributed by atoms with Gasteiger partial charge in [0, 0.05) is 18.4 Å². The van der Waals surface area contributed by atoms with Crippen molar-refractivity contribution >= 4 is 5.82 Å². The highest BCUT2D eigenvalue weighted by atomic mass is 16.5. The smallest absolute Gasteiger partial charge is 0.129 e. The number of aliphatic hydroxyl groups is 1. The van der Waals surface area contributed by atoms with Gasteiger partial charge in [-0.3, -0.25) is 0 Å². The topological polar surface area (TPSA) is 68.4 Å². The first-order valence-electron chi connectivity index (χ1n) is 5.61. The zero-order valence-corrected chi connectivity index (χ0v) is 10.1. The number of rotatable bonds is 5. The van der Waals surface area contributed by atoms with E-state index in [0.717, 1.165) is 12.0 Å². The van der Waals surface area contributed by atoms with E-state index >= 15 is 0 Å². The van der Waals surface area contributed by atoms with Crippen molar-refractivity contribution in [3.63, 3.8) is 0 Å². The minimum Gasteiger partial charge on any atom is -0.386 e. The average molecular weight is 224 g/mol. The molecule has 0 aliphatic carbocycles. The van der Waals surface area contributed by atoms with Gasteiger partial charge in [-0.15, -0.1) is 0 Å². The molecule has 1 aromatic rings. The highest BCUT2D eigenvalue weighted by molar-refractivity contribution is 5.42. The van der Waals surface area contributed by atoms with Gasteiger partial charge in [-0.2, -0.15) is 0 Å². The standard InChI is InChI=1S/C12H20N2O2/c1-4-10(16-5-2)11(15)9-6-8(3)7-14-12(9)13/h6-7,10-11,15H,4-5H2,1-3H3,(H2,13,14). The number of nitrogens with zero attached hydrogens (tertiary/aromatic N) is 1. The lowest BCUT2D eigenvalue weighted by Gasteiger charge is -2.22. The number of nitrogen functional groups attached to an aromatic ring is 1. The van der Waals surface area contributed by atoms with E-state index in [1.54, 1.807) is 6.20 Å². The number of nitrogens with two attached hydrogens (primary N) is 1. The number of aryl methyl sites for hydroxylation is 1. The Morgan fingerprint density at radius 2 is 2.19 bits per heavy atom. The van der Waals surface area contributed by atoms with Crippen LogP contribution in [0.3, 0.4) is 0 Å². The molecule has 0 fully saturated rings. The molecule has 0 aromatic carbocycles. The van der Waals surface area contributed by atoms with Gasteiger partial charge in [0.25, 0.3) is 0 Å². The SMILES string of the molecule is CCOC(CC)C(O)c1cc(C)cnc1N. The molecule has 90 valence electrons. The molecule has 0 saturated carbocycles. The molecule has 0 spiro atoms. The number of pyridine rings is 1. The van der Waals surface area contributed by atoms with E-state index in [1.165, 1.54) is 0 Å². The van der Waals surface area contributed by atoms with Crippen LogP contribution in [0.2, 0.25) is 0 Å². The zero-order chi connectivity index (χ0) is 12.1. The van der Waals surface area contributed by atoms with Gasteiger partial charge in [0.2, 0.25) is 0 Å². The van der Waals surface area contributed by atoms with Gasteiger partial charge in [0.15, 0.2) is 0 Å². The van der Waals surface area contributed by atoms with E-state index in [2.05, 4.69) is 4.98 Å². The van der Waals surface area contributed by atoms with E-state index in [-0.39, 0.29) is 6.10 Å². The van der Waals surface area contributed by atoms with Crippen molar-refractivity contribution in [1.29, 1.82) is 0 Å². The molecule has 1 aromatic heterocycles. The van der Waals surface area contributed by atoms with Crippen LogP contribution in [0.25, 0.3) is 0 Å². The summed E-state index contributed by atoms with van der Waals surface area (Å²) in [5, 5.41) is 10.2. The fraction of sp³-hybridized carbons (Fsp3) is 0.583. The Hall–Kier alpha value is -1.13. The molecule has 0 aliphatic heterocycles. The second-order valence-electron chi connectivity index (χ2n) is 3.83. The Kier molecular flexibility index (Phi) is 4.71. The largest absolute Gasteiger partial charge is 0.386 e. The fourth-order valence-corrected chi connectivity index (χ4v) is 1.69. The van der Waals surface area contributed by atoms with Gasteiger partial charge in [0.1, 0.15) is 11.9 Å². The van der Waals surface area contributed by atoms with Crippen molar-refractivity contribution < 1.29 is 9.84 Å². The van der Waals surface area contributed by atoms with Gasteiger partial charge in [-0.05, 0) is 31.9 Å². The molecule has 1 heterocycles. The van der Waals surface area contributed by atoms with Gasteiger partial charge in [0.05, 0.1) is 6.10 Å². The van der Waals surface area contributed by atoms with Crippen LogP contribution in [0, 0.1) is 6.92 Å². The summed E-state index contributed by atoms with van der Waals surface area (Å²) in [6.45, 7) is 6.38. The Morgan fingerprint density at radius 3 is 2.75 bits per heavy atom. The first-order valence-corrected chi connectivity index (χ1v) is 5.61.